The van der Waals surface area contributed by atoms with Gasteiger partial charge in [-0.15, -0.1) is 0 Å². The number of benzene rings is 4. The molecule has 4 nitrogen and oxygen atoms in total. The van der Waals surface area contributed by atoms with Gasteiger partial charge in [0.1, 0.15) is 12.4 Å². The van der Waals surface area contributed by atoms with E-state index in [0.717, 1.165) is 33.2 Å². The average Bonchev–Trinajstić information content (AvgIpc) is 2.79. The summed E-state index contributed by atoms with van der Waals surface area (Å²) in [6.45, 7) is 0.526. The van der Waals surface area contributed by atoms with Crippen LogP contribution in [0.3, 0.4) is 0 Å². The zero-order valence-corrected chi connectivity index (χ0v) is 16.5. The highest BCUT2D eigenvalue weighted by Gasteiger charge is 2.06. The SMILES string of the molecule is O=C(Cc1cccc2ccccc12)N/N=C\c1ccc(OCc2ccccc2)cc1. The van der Waals surface area contributed by atoms with Gasteiger partial charge in [-0.05, 0) is 51.7 Å². The van der Waals surface area contributed by atoms with E-state index in [1.807, 2.05) is 97.1 Å². The minimum Gasteiger partial charge on any atom is -0.489 e. The molecule has 4 aromatic carbocycles. The second kappa shape index (κ2) is 9.52. The molecule has 0 aromatic heterocycles. The first kappa shape index (κ1) is 19.4. The molecule has 0 saturated carbocycles. The Morgan fingerprint density at radius 1 is 0.833 bits per heavy atom. The van der Waals surface area contributed by atoms with Crippen LogP contribution in [0.15, 0.2) is 102 Å². The smallest absolute Gasteiger partial charge is 0.244 e. The largest absolute Gasteiger partial charge is 0.489 e. The molecule has 0 unspecified atom stereocenters. The normalized spacial score (nSPS) is 10.9. The number of carbonyl (C=O) groups is 1. The van der Waals surface area contributed by atoms with Crippen LogP contribution in [0.25, 0.3) is 10.8 Å². The van der Waals surface area contributed by atoms with E-state index in [-0.39, 0.29) is 12.3 Å². The number of nitrogens with one attached hydrogen (secondary N) is 1. The maximum absolute atomic E-state index is 12.3. The van der Waals surface area contributed by atoms with Gasteiger partial charge in [0, 0.05) is 0 Å². The van der Waals surface area contributed by atoms with Crippen molar-refractivity contribution in [3.63, 3.8) is 0 Å². The van der Waals surface area contributed by atoms with Gasteiger partial charge >= 0.3 is 0 Å². The quantitative estimate of drug-likeness (QED) is 0.350. The van der Waals surface area contributed by atoms with Crippen LogP contribution >= 0.6 is 0 Å². The molecule has 0 spiro atoms. The zero-order valence-electron chi connectivity index (χ0n) is 16.5. The van der Waals surface area contributed by atoms with E-state index >= 15 is 0 Å². The van der Waals surface area contributed by atoms with Crippen LogP contribution in [-0.2, 0) is 17.8 Å². The van der Waals surface area contributed by atoms with Gasteiger partial charge in [0.15, 0.2) is 0 Å². The fourth-order valence-electron chi connectivity index (χ4n) is 3.23. The fraction of sp³-hybridized carbons (Fsp3) is 0.0769. The first-order chi connectivity index (χ1) is 14.8. The predicted molar refractivity (Wildman–Crippen MR) is 121 cm³/mol. The maximum atomic E-state index is 12.3. The molecule has 1 N–H and O–H groups in total. The lowest BCUT2D eigenvalue weighted by molar-refractivity contribution is -0.120. The molecule has 0 radical (unpaired) electrons. The Hall–Kier alpha value is -3.92. The number of carbonyl (C=O) groups excluding carboxylic acids is 1. The number of hydrazone groups is 1. The average molecular weight is 394 g/mol. The summed E-state index contributed by atoms with van der Waals surface area (Å²) in [5, 5.41) is 6.29. The van der Waals surface area contributed by atoms with Crippen molar-refractivity contribution in [2.75, 3.05) is 0 Å². The van der Waals surface area contributed by atoms with Crippen LogP contribution < -0.4 is 10.2 Å². The van der Waals surface area contributed by atoms with Crippen LogP contribution in [0.5, 0.6) is 5.75 Å². The summed E-state index contributed by atoms with van der Waals surface area (Å²) >= 11 is 0. The molecule has 0 aliphatic carbocycles. The van der Waals surface area contributed by atoms with Crippen LogP contribution in [0, 0.1) is 0 Å². The van der Waals surface area contributed by atoms with Crippen molar-refractivity contribution < 1.29 is 9.53 Å². The third-order valence-electron chi connectivity index (χ3n) is 4.76. The van der Waals surface area contributed by atoms with Gasteiger partial charge in [-0.3, -0.25) is 4.79 Å². The first-order valence-electron chi connectivity index (χ1n) is 9.83. The van der Waals surface area contributed by atoms with Gasteiger partial charge in [0.2, 0.25) is 5.91 Å². The number of rotatable bonds is 7. The van der Waals surface area contributed by atoms with Gasteiger partial charge in [-0.1, -0.05) is 72.8 Å². The van der Waals surface area contributed by atoms with Gasteiger partial charge in [-0.25, -0.2) is 5.43 Å². The highest BCUT2D eigenvalue weighted by Crippen LogP contribution is 2.19. The van der Waals surface area contributed by atoms with Crippen molar-refractivity contribution in [1.29, 1.82) is 0 Å². The van der Waals surface area contributed by atoms with E-state index < -0.39 is 0 Å². The molecule has 4 heteroatoms. The lowest BCUT2D eigenvalue weighted by atomic mass is 10.0. The Kier molecular flexibility index (Phi) is 6.16. The van der Waals surface area contributed by atoms with E-state index in [9.17, 15) is 4.79 Å². The van der Waals surface area contributed by atoms with Crippen molar-refractivity contribution in [3.8, 4) is 5.75 Å². The molecule has 0 atom stereocenters. The number of ether oxygens (including phenoxy) is 1. The van der Waals surface area contributed by atoms with Crippen molar-refractivity contribution in [2.24, 2.45) is 5.10 Å². The van der Waals surface area contributed by atoms with Gasteiger partial charge in [0.25, 0.3) is 0 Å². The highest BCUT2D eigenvalue weighted by molar-refractivity contribution is 5.90. The van der Waals surface area contributed by atoms with E-state index in [4.69, 9.17) is 4.74 Å². The molecule has 0 heterocycles. The van der Waals surface area contributed by atoms with Crippen LogP contribution in [0.4, 0.5) is 0 Å². The van der Waals surface area contributed by atoms with Crippen molar-refractivity contribution in [2.45, 2.75) is 13.0 Å². The monoisotopic (exact) mass is 394 g/mol. The van der Waals surface area contributed by atoms with E-state index in [2.05, 4.69) is 10.5 Å². The molecule has 148 valence electrons. The second-order valence-electron chi connectivity index (χ2n) is 6.95. The summed E-state index contributed by atoms with van der Waals surface area (Å²) in [6, 6.07) is 31.7. The minimum atomic E-state index is -0.148. The first-order valence-corrected chi connectivity index (χ1v) is 9.83. The summed E-state index contributed by atoms with van der Waals surface area (Å²) in [5.41, 5.74) is 5.60. The number of amides is 1. The van der Waals surface area contributed by atoms with Gasteiger partial charge in [0.05, 0.1) is 12.6 Å². The molecule has 0 aliphatic heterocycles. The Balaban J connectivity index is 1.30. The number of hydrogen-bond donors (Lipinski definition) is 1. The number of fused-ring (bicyclic) bond motifs is 1. The number of hydrogen-bond acceptors (Lipinski definition) is 3. The minimum absolute atomic E-state index is 0.148. The maximum Gasteiger partial charge on any atom is 0.244 e. The second-order valence-corrected chi connectivity index (χ2v) is 6.95. The fourth-order valence-corrected chi connectivity index (χ4v) is 3.23. The Bertz CT molecular complexity index is 1150. The van der Waals surface area contributed by atoms with Crippen molar-refractivity contribution in [1.82, 2.24) is 5.43 Å². The zero-order chi connectivity index (χ0) is 20.6. The molecule has 0 fully saturated rings. The van der Waals surface area contributed by atoms with E-state index in [1.165, 1.54) is 0 Å². The molecular weight excluding hydrogens is 372 g/mol. The Labute approximate surface area is 175 Å². The van der Waals surface area contributed by atoms with Gasteiger partial charge < -0.3 is 4.74 Å². The Morgan fingerprint density at radius 2 is 1.57 bits per heavy atom. The number of nitrogens with zero attached hydrogens (tertiary/aromatic N) is 1. The van der Waals surface area contributed by atoms with E-state index in [1.54, 1.807) is 6.21 Å². The highest BCUT2D eigenvalue weighted by atomic mass is 16.5. The van der Waals surface area contributed by atoms with E-state index in [0.29, 0.717) is 6.61 Å². The predicted octanol–water partition coefficient (Wildman–Crippen LogP) is 5.11. The molecule has 30 heavy (non-hydrogen) atoms. The molecule has 4 rings (SSSR count). The lowest BCUT2D eigenvalue weighted by Gasteiger charge is -2.06. The summed E-state index contributed by atoms with van der Waals surface area (Å²) in [6.07, 6.45) is 1.91. The molecule has 0 saturated heterocycles. The van der Waals surface area contributed by atoms with Crippen molar-refractivity contribution in [3.05, 3.63) is 114 Å². The van der Waals surface area contributed by atoms with Crippen LogP contribution in [-0.4, -0.2) is 12.1 Å². The topological polar surface area (TPSA) is 50.7 Å². The standard InChI is InChI=1S/C26H22N2O2/c29-26(17-23-11-6-10-22-9-4-5-12-25(22)23)28-27-18-20-13-15-24(16-14-20)30-19-21-7-2-1-3-8-21/h1-16,18H,17,19H2,(H,28,29)/b27-18-. The van der Waals surface area contributed by atoms with Crippen LogP contribution in [0.2, 0.25) is 0 Å². The summed E-state index contributed by atoms with van der Waals surface area (Å²) < 4.78 is 5.78. The lowest BCUT2D eigenvalue weighted by Crippen LogP contribution is -2.19. The molecule has 1 amide bonds. The van der Waals surface area contributed by atoms with Crippen LogP contribution in [0.1, 0.15) is 16.7 Å². The molecule has 0 bridgehead atoms. The molecular formula is C26H22N2O2. The molecule has 0 aliphatic rings. The summed E-state index contributed by atoms with van der Waals surface area (Å²) in [5.74, 6) is 0.640. The summed E-state index contributed by atoms with van der Waals surface area (Å²) in [4.78, 5) is 12.3. The molecule has 4 aromatic rings. The third-order valence-corrected chi connectivity index (χ3v) is 4.76. The third kappa shape index (κ3) is 5.11. The van der Waals surface area contributed by atoms with Gasteiger partial charge in [-0.2, -0.15) is 5.10 Å². The van der Waals surface area contributed by atoms with Crippen molar-refractivity contribution >= 4 is 22.9 Å². The Morgan fingerprint density at radius 3 is 2.40 bits per heavy atom. The summed E-state index contributed by atoms with van der Waals surface area (Å²) in [7, 11) is 0.